The van der Waals surface area contributed by atoms with Crippen LogP contribution in [0.5, 0.6) is 5.75 Å². The van der Waals surface area contributed by atoms with Crippen LogP contribution in [0.3, 0.4) is 0 Å². The average Bonchev–Trinajstić information content (AvgIpc) is 2.36. The zero-order valence-corrected chi connectivity index (χ0v) is 12.2. The lowest BCUT2D eigenvalue weighted by atomic mass is 9.81. The molecule has 0 radical (unpaired) electrons. The van der Waals surface area contributed by atoms with Crippen LogP contribution < -0.4 is 10.1 Å². The number of anilines is 1. The monoisotopic (exact) mass is 313 g/mol. The predicted molar refractivity (Wildman–Crippen MR) is 76.7 cm³/mol. The number of methoxy groups -OCH3 is 1. The first kappa shape index (κ1) is 15.6. The quantitative estimate of drug-likeness (QED) is 0.840. The molecule has 0 saturated heterocycles. The fourth-order valence-corrected chi connectivity index (χ4v) is 2.29. The summed E-state index contributed by atoms with van der Waals surface area (Å²) in [4.78, 5) is 22.4. The van der Waals surface area contributed by atoms with E-state index in [1.807, 2.05) is 0 Å². The van der Waals surface area contributed by atoms with Crippen molar-refractivity contribution in [1.29, 1.82) is 0 Å². The average molecular weight is 314 g/mol. The van der Waals surface area contributed by atoms with Gasteiger partial charge >= 0.3 is 5.97 Å². The van der Waals surface area contributed by atoms with E-state index in [4.69, 9.17) is 26.2 Å². The van der Waals surface area contributed by atoms with Crippen molar-refractivity contribution in [3.63, 3.8) is 0 Å². The SMILES string of the molecule is COC1CC(C(=O)Nc2ccc(OCC(=O)O)c(Cl)c2)C1. The molecule has 0 bridgehead atoms. The molecule has 0 aromatic heterocycles. The third kappa shape index (κ3) is 4.09. The molecule has 2 N–H and O–H groups in total. The van der Waals surface area contributed by atoms with Gasteiger partial charge in [-0.05, 0) is 31.0 Å². The molecule has 0 spiro atoms. The van der Waals surface area contributed by atoms with Crippen molar-refractivity contribution in [2.24, 2.45) is 5.92 Å². The Morgan fingerprint density at radius 3 is 2.71 bits per heavy atom. The lowest BCUT2D eigenvalue weighted by molar-refractivity contribution is -0.139. The Hall–Kier alpha value is -1.79. The standard InChI is InChI=1S/C14H16ClNO5/c1-20-10-4-8(5-10)14(19)16-9-2-3-12(11(15)6-9)21-7-13(17)18/h2-3,6,8,10H,4-5,7H2,1H3,(H,16,19)(H,17,18). The number of ether oxygens (including phenoxy) is 2. The fraction of sp³-hybridized carbons (Fsp3) is 0.429. The van der Waals surface area contributed by atoms with Crippen molar-refractivity contribution in [2.45, 2.75) is 18.9 Å². The second-order valence-corrected chi connectivity index (χ2v) is 5.25. The molecule has 1 aromatic carbocycles. The van der Waals surface area contributed by atoms with Crippen LogP contribution in [0.1, 0.15) is 12.8 Å². The molecule has 6 nitrogen and oxygen atoms in total. The normalized spacial score (nSPS) is 20.5. The number of aliphatic carboxylic acids is 1. The van der Waals surface area contributed by atoms with Gasteiger partial charge in [0.15, 0.2) is 6.61 Å². The Morgan fingerprint density at radius 2 is 2.14 bits per heavy atom. The Labute approximate surface area is 127 Å². The van der Waals surface area contributed by atoms with E-state index in [2.05, 4.69) is 5.32 Å². The zero-order valence-electron chi connectivity index (χ0n) is 11.5. The predicted octanol–water partition coefficient (Wildman–Crippen LogP) is 2.17. The first-order valence-corrected chi connectivity index (χ1v) is 6.85. The van der Waals surface area contributed by atoms with Gasteiger partial charge in [0.25, 0.3) is 0 Å². The molecule has 0 aliphatic heterocycles. The number of carbonyl (C=O) groups excluding carboxylic acids is 1. The summed E-state index contributed by atoms with van der Waals surface area (Å²) in [6.07, 6.45) is 1.60. The number of carboxylic acids is 1. The molecule has 114 valence electrons. The number of carbonyl (C=O) groups is 2. The summed E-state index contributed by atoms with van der Waals surface area (Å²) in [6, 6.07) is 4.68. The van der Waals surface area contributed by atoms with Crippen LogP contribution in [-0.4, -0.2) is 36.8 Å². The summed E-state index contributed by atoms with van der Waals surface area (Å²) in [7, 11) is 1.63. The number of rotatable bonds is 6. The molecule has 1 aliphatic carbocycles. The number of amides is 1. The number of hydrogen-bond acceptors (Lipinski definition) is 4. The van der Waals surface area contributed by atoms with Gasteiger partial charge in [-0.15, -0.1) is 0 Å². The molecule has 21 heavy (non-hydrogen) atoms. The highest BCUT2D eigenvalue weighted by Gasteiger charge is 2.34. The molecule has 1 fully saturated rings. The lowest BCUT2D eigenvalue weighted by Crippen LogP contribution is -2.38. The van der Waals surface area contributed by atoms with Crippen LogP contribution in [0.2, 0.25) is 5.02 Å². The molecule has 1 aliphatic rings. The van der Waals surface area contributed by atoms with Crippen molar-refractivity contribution in [1.82, 2.24) is 0 Å². The molecule has 0 unspecified atom stereocenters. The minimum Gasteiger partial charge on any atom is -0.480 e. The van der Waals surface area contributed by atoms with E-state index in [0.717, 1.165) is 12.8 Å². The van der Waals surface area contributed by atoms with Crippen LogP contribution in [0.15, 0.2) is 18.2 Å². The molecule has 1 saturated carbocycles. The highest BCUT2D eigenvalue weighted by molar-refractivity contribution is 6.32. The zero-order chi connectivity index (χ0) is 15.4. The Kier molecular flexibility index (Phi) is 5.03. The van der Waals surface area contributed by atoms with Crippen LogP contribution >= 0.6 is 11.6 Å². The van der Waals surface area contributed by atoms with E-state index in [-0.39, 0.29) is 28.7 Å². The largest absolute Gasteiger partial charge is 0.480 e. The number of hydrogen-bond donors (Lipinski definition) is 2. The van der Waals surface area contributed by atoms with Crippen molar-refractivity contribution in [3.05, 3.63) is 23.2 Å². The number of benzene rings is 1. The van der Waals surface area contributed by atoms with Gasteiger partial charge < -0.3 is 19.9 Å². The van der Waals surface area contributed by atoms with E-state index in [9.17, 15) is 9.59 Å². The van der Waals surface area contributed by atoms with E-state index < -0.39 is 12.6 Å². The minimum absolute atomic E-state index is 0.0448. The van der Waals surface area contributed by atoms with Gasteiger partial charge in [0.1, 0.15) is 5.75 Å². The molecule has 0 atom stereocenters. The maximum Gasteiger partial charge on any atom is 0.341 e. The number of halogens is 1. The maximum absolute atomic E-state index is 11.9. The summed E-state index contributed by atoms with van der Waals surface area (Å²) < 4.78 is 10.1. The van der Waals surface area contributed by atoms with Crippen molar-refractivity contribution in [2.75, 3.05) is 19.0 Å². The summed E-state index contributed by atoms with van der Waals surface area (Å²) in [6.45, 7) is -0.466. The van der Waals surface area contributed by atoms with Crippen molar-refractivity contribution in [3.8, 4) is 5.75 Å². The Bertz CT molecular complexity index is 542. The highest BCUT2D eigenvalue weighted by Crippen LogP contribution is 2.32. The molecule has 2 rings (SSSR count). The van der Waals surface area contributed by atoms with Crippen molar-refractivity contribution < 1.29 is 24.2 Å². The van der Waals surface area contributed by atoms with E-state index in [1.54, 1.807) is 13.2 Å². The maximum atomic E-state index is 11.9. The molecule has 0 heterocycles. The van der Waals surface area contributed by atoms with Gasteiger partial charge in [-0.2, -0.15) is 0 Å². The van der Waals surface area contributed by atoms with Crippen molar-refractivity contribution >= 4 is 29.2 Å². The second kappa shape index (κ2) is 6.78. The molecular weight excluding hydrogens is 298 g/mol. The van der Waals surface area contributed by atoms with Crippen LogP contribution in [0.25, 0.3) is 0 Å². The number of nitrogens with one attached hydrogen (secondary N) is 1. The molecular formula is C14H16ClNO5. The Morgan fingerprint density at radius 1 is 1.43 bits per heavy atom. The molecule has 7 heteroatoms. The van der Waals surface area contributed by atoms with Gasteiger partial charge in [0.05, 0.1) is 11.1 Å². The lowest BCUT2D eigenvalue weighted by Gasteiger charge is -2.32. The van der Waals surface area contributed by atoms with E-state index in [0.29, 0.717) is 5.69 Å². The van der Waals surface area contributed by atoms with Gasteiger partial charge in [-0.1, -0.05) is 11.6 Å². The van der Waals surface area contributed by atoms with Gasteiger partial charge in [0.2, 0.25) is 5.91 Å². The minimum atomic E-state index is -1.08. The summed E-state index contributed by atoms with van der Waals surface area (Å²) in [5.41, 5.74) is 0.550. The van der Waals surface area contributed by atoms with Crippen LogP contribution in [0, 0.1) is 5.92 Å². The smallest absolute Gasteiger partial charge is 0.341 e. The summed E-state index contributed by atoms with van der Waals surface area (Å²) >= 11 is 5.98. The van der Waals surface area contributed by atoms with Gasteiger partial charge in [-0.3, -0.25) is 4.79 Å². The van der Waals surface area contributed by atoms with E-state index >= 15 is 0 Å². The number of carboxylic acid groups (broad SMARTS) is 1. The third-order valence-corrected chi connectivity index (χ3v) is 3.64. The molecule has 1 aromatic rings. The fourth-order valence-electron chi connectivity index (χ4n) is 2.05. The van der Waals surface area contributed by atoms with Crippen LogP contribution in [-0.2, 0) is 14.3 Å². The molecule has 1 amide bonds. The third-order valence-electron chi connectivity index (χ3n) is 3.35. The summed E-state index contributed by atoms with van der Waals surface area (Å²) in [5, 5.41) is 11.6. The highest BCUT2D eigenvalue weighted by atomic mass is 35.5. The second-order valence-electron chi connectivity index (χ2n) is 4.84. The Balaban J connectivity index is 1.91. The summed E-state index contributed by atoms with van der Waals surface area (Å²) in [5.74, 6) is -0.934. The first-order valence-electron chi connectivity index (χ1n) is 6.47. The van der Waals surface area contributed by atoms with E-state index in [1.165, 1.54) is 12.1 Å². The topological polar surface area (TPSA) is 84.9 Å². The van der Waals surface area contributed by atoms with Crippen LogP contribution in [0.4, 0.5) is 5.69 Å². The first-order chi connectivity index (χ1) is 9.99. The van der Waals surface area contributed by atoms with Gasteiger partial charge in [0, 0.05) is 18.7 Å². The van der Waals surface area contributed by atoms with Gasteiger partial charge in [-0.25, -0.2) is 4.79 Å².